The summed E-state index contributed by atoms with van der Waals surface area (Å²) in [5, 5.41) is 12.7. The minimum absolute atomic E-state index is 0.0148. The van der Waals surface area contributed by atoms with Crippen molar-refractivity contribution in [3.05, 3.63) is 82.2 Å². The van der Waals surface area contributed by atoms with Crippen molar-refractivity contribution in [1.29, 1.82) is 0 Å². The SMILES string of the molecule is CC(C)(C)c1ccc(O)c(NC(=O)c2ccc(Cn3ccccc3=O)o2)c1. The van der Waals surface area contributed by atoms with Gasteiger partial charge < -0.3 is 19.4 Å². The Morgan fingerprint density at radius 1 is 1.15 bits per heavy atom. The molecule has 2 aromatic heterocycles. The van der Waals surface area contributed by atoms with Crippen LogP contribution in [0.1, 0.15) is 42.6 Å². The van der Waals surface area contributed by atoms with Crippen LogP contribution in [0, 0.1) is 0 Å². The Kier molecular flexibility index (Phi) is 4.90. The standard InChI is InChI=1S/C21H22N2O4/c1-21(2,3)14-7-9-17(24)16(12-14)22-20(26)18-10-8-15(27-18)13-23-11-5-4-6-19(23)25/h4-12,24H,13H2,1-3H3,(H,22,26). The second kappa shape index (κ2) is 7.15. The first-order valence-corrected chi connectivity index (χ1v) is 8.63. The topological polar surface area (TPSA) is 84.5 Å². The monoisotopic (exact) mass is 366 g/mol. The molecule has 140 valence electrons. The number of hydrogen-bond donors (Lipinski definition) is 2. The van der Waals surface area contributed by atoms with Crippen LogP contribution in [-0.2, 0) is 12.0 Å². The summed E-state index contributed by atoms with van der Waals surface area (Å²) >= 11 is 0. The summed E-state index contributed by atoms with van der Waals surface area (Å²) in [6, 6.07) is 13.2. The number of phenols is 1. The van der Waals surface area contributed by atoms with E-state index in [0.717, 1.165) is 5.56 Å². The van der Waals surface area contributed by atoms with Crippen molar-refractivity contribution < 1.29 is 14.3 Å². The normalized spacial score (nSPS) is 11.4. The number of benzene rings is 1. The number of carbonyl (C=O) groups is 1. The number of furan rings is 1. The van der Waals surface area contributed by atoms with Gasteiger partial charge in [-0.05, 0) is 41.3 Å². The summed E-state index contributed by atoms with van der Waals surface area (Å²) in [6.45, 7) is 6.39. The van der Waals surface area contributed by atoms with Gasteiger partial charge in [-0.3, -0.25) is 9.59 Å². The molecule has 3 rings (SSSR count). The molecule has 0 spiro atoms. The number of anilines is 1. The van der Waals surface area contributed by atoms with Gasteiger partial charge in [0.15, 0.2) is 5.76 Å². The molecule has 27 heavy (non-hydrogen) atoms. The Hall–Kier alpha value is -3.28. The first-order valence-electron chi connectivity index (χ1n) is 8.63. The Morgan fingerprint density at radius 2 is 1.93 bits per heavy atom. The zero-order chi connectivity index (χ0) is 19.6. The van der Waals surface area contributed by atoms with Crippen molar-refractivity contribution in [1.82, 2.24) is 4.57 Å². The van der Waals surface area contributed by atoms with Gasteiger partial charge in [0.25, 0.3) is 11.5 Å². The zero-order valence-electron chi connectivity index (χ0n) is 15.5. The van der Waals surface area contributed by atoms with E-state index in [1.54, 1.807) is 42.6 Å². The fourth-order valence-corrected chi connectivity index (χ4v) is 2.63. The lowest BCUT2D eigenvalue weighted by molar-refractivity contribution is 0.0994. The molecule has 3 aromatic rings. The molecular formula is C21H22N2O4. The highest BCUT2D eigenvalue weighted by Gasteiger charge is 2.18. The third-order valence-corrected chi connectivity index (χ3v) is 4.22. The molecule has 6 heteroatoms. The van der Waals surface area contributed by atoms with E-state index in [1.165, 1.54) is 10.6 Å². The van der Waals surface area contributed by atoms with E-state index in [-0.39, 0.29) is 29.0 Å². The van der Waals surface area contributed by atoms with Crippen LogP contribution in [0.3, 0.4) is 0 Å². The van der Waals surface area contributed by atoms with Crippen LogP contribution in [0.5, 0.6) is 5.75 Å². The van der Waals surface area contributed by atoms with Gasteiger partial charge in [0, 0.05) is 12.3 Å². The number of phenolic OH excluding ortho intramolecular Hbond substituents is 1. The van der Waals surface area contributed by atoms with Gasteiger partial charge in [-0.15, -0.1) is 0 Å². The smallest absolute Gasteiger partial charge is 0.291 e. The fraction of sp³-hybridized carbons (Fsp3) is 0.238. The van der Waals surface area contributed by atoms with E-state index in [0.29, 0.717) is 11.4 Å². The van der Waals surface area contributed by atoms with Crippen LogP contribution in [0.2, 0.25) is 0 Å². The molecule has 2 heterocycles. The third-order valence-electron chi connectivity index (χ3n) is 4.22. The maximum Gasteiger partial charge on any atom is 0.291 e. The number of nitrogens with zero attached hydrogens (tertiary/aromatic N) is 1. The average Bonchev–Trinajstić information content (AvgIpc) is 3.06. The van der Waals surface area contributed by atoms with E-state index in [1.807, 2.05) is 6.07 Å². The quantitative estimate of drug-likeness (QED) is 0.689. The number of hydrogen-bond acceptors (Lipinski definition) is 4. The van der Waals surface area contributed by atoms with E-state index in [2.05, 4.69) is 26.1 Å². The zero-order valence-corrected chi connectivity index (χ0v) is 15.5. The lowest BCUT2D eigenvalue weighted by atomic mass is 9.87. The number of aromatic nitrogens is 1. The molecule has 6 nitrogen and oxygen atoms in total. The Labute approximate surface area is 157 Å². The molecule has 0 saturated heterocycles. The van der Waals surface area contributed by atoms with Gasteiger partial charge in [0.05, 0.1) is 12.2 Å². The summed E-state index contributed by atoms with van der Waals surface area (Å²) in [7, 11) is 0. The second-order valence-corrected chi connectivity index (χ2v) is 7.37. The van der Waals surface area contributed by atoms with Crippen LogP contribution < -0.4 is 10.9 Å². The highest BCUT2D eigenvalue weighted by molar-refractivity contribution is 6.03. The minimum Gasteiger partial charge on any atom is -0.506 e. The van der Waals surface area contributed by atoms with Gasteiger partial charge in [-0.1, -0.05) is 32.9 Å². The van der Waals surface area contributed by atoms with Gasteiger partial charge in [-0.2, -0.15) is 0 Å². The number of aromatic hydroxyl groups is 1. The van der Waals surface area contributed by atoms with Crippen molar-refractivity contribution in [3.8, 4) is 5.75 Å². The molecule has 1 aromatic carbocycles. The Bertz CT molecular complexity index is 1020. The van der Waals surface area contributed by atoms with E-state index in [4.69, 9.17) is 4.42 Å². The molecule has 0 aliphatic heterocycles. The molecule has 0 atom stereocenters. The largest absolute Gasteiger partial charge is 0.506 e. The molecule has 0 radical (unpaired) electrons. The van der Waals surface area contributed by atoms with E-state index >= 15 is 0 Å². The van der Waals surface area contributed by atoms with Gasteiger partial charge in [0.2, 0.25) is 0 Å². The highest BCUT2D eigenvalue weighted by Crippen LogP contribution is 2.31. The fourth-order valence-electron chi connectivity index (χ4n) is 2.63. The second-order valence-electron chi connectivity index (χ2n) is 7.37. The maximum absolute atomic E-state index is 12.5. The van der Waals surface area contributed by atoms with Gasteiger partial charge >= 0.3 is 0 Å². The Morgan fingerprint density at radius 3 is 2.63 bits per heavy atom. The Balaban J connectivity index is 1.77. The van der Waals surface area contributed by atoms with Crippen molar-refractivity contribution in [2.24, 2.45) is 0 Å². The predicted octanol–water partition coefficient (Wildman–Crippen LogP) is 3.75. The van der Waals surface area contributed by atoms with E-state index in [9.17, 15) is 14.7 Å². The molecule has 0 bridgehead atoms. The van der Waals surface area contributed by atoms with Crippen LogP contribution in [-0.4, -0.2) is 15.6 Å². The van der Waals surface area contributed by atoms with Crippen molar-refractivity contribution in [2.45, 2.75) is 32.7 Å². The van der Waals surface area contributed by atoms with Crippen LogP contribution in [0.4, 0.5) is 5.69 Å². The molecule has 0 aliphatic carbocycles. The van der Waals surface area contributed by atoms with Crippen LogP contribution in [0.15, 0.2) is 63.9 Å². The maximum atomic E-state index is 12.5. The minimum atomic E-state index is -0.469. The molecule has 0 aliphatic rings. The van der Waals surface area contributed by atoms with Gasteiger partial charge in [-0.25, -0.2) is 0 Å². The van der Waals surface area contributed by atoms with Gasteiger partial charge in [0.1, 0.15) is 11.5 Å². The first kappa shape index (κ1) is 18.5. The number of nitrogens with one attached hydrogen (secondary N) is 1. The molecule has 0 unspecified atom stereocenters. The summed E-state index contributed by atoms with van der Waals surface area (Å²) in [5.41, 5.74) is 1.04. The number of carbonyl (C=O) groups excluding carboxylic acids is 1. The predicted molar refractivity (Wildman–Crippen MR) is 103 cm³/mol. The van der Waals surface area contributed by atoms with Crippen molar-refractivity contribution >= 4 is 11.6 Å². The molecular weight excluding hydrogens is 344 g/mol. The lowest BCUT2D eigenvalue weighted by Gasteiger charge is -2.20. The summed E-state index contributed by atoms with van der Waals surface area (Å²) in [4.78, 5) is 24.2. The number of pyridine rings is 1. The number of rotatable bonds is 4. The molecule has 0 fully saturated rings. The van der Waals surface area contributed by atoms with E-state index < -0.39 is 5.91 Å². The molecule has 2 N–H and O–H groups in total. The van der Waals surface area contributed by atoms with Crippen LogP contribution in [0.25, 0.3) is 0 Å². The third kappa shape index (κ3) is 4.28. The number of amides is 1. The summed E-state index contributed by atoms with van der Waals surface area (Å²) in [6.07, 6.45) is 1.65. The lowest BCUT2D eigenvalue weighted by Crippen LogP contribution is -2.18. The van der Waals surface area contributed by atoms with Crippen molar-refractivity contribution in [3.63, 3.8) is 0 Å². The van der Waals surface area contributed by atoms with Crippen molar-refractivity contribution in [2.75, 3.05) is 5.32 Å². The van der Waals surface area contributed by atoms with Crippen LogP contribution >= 0.6 is 0 Å². The summed E-state index contributed by atoms with van der Waals surface area (Å²) in [5.74, 6) is 0.109. The first-order chi connectivity index (χ1) is 12.7. The molecule has 0 saturated carbocycles. The average molecular weight is 366 g/mol. The highest BCUT2D eigenvalue weighted by atomic mass is 16.4. The molecule has 1 amide bonds. The summed E-state index contributed by atoms with van der Waals surface area (Å²) < 4.78 is 7.05.